The molecule has 0 saturated heterocycles. The van der Waals surface area contributed by atoms with Gasteiger partial charge in [0.05, 0.1) is 5.69 Å². The zero-order valence-electron chi connectivity index (χ0n) is 20.6. The monoisotopic (exact) mass is 488 g/mol. The standard InChI is InChI=1S/C28H32N4O4/c1-18-27(35)26(28(36)29-17-25(33)34)31-24(30-18)16-19-8-10-20(11-9-19)21-12-14-23(15-13-21)32(2)22-6-4-3-5-7-22/h3-7,12-15,19-20,35H,8-11,16-17H2,1-2H3,(H,29,36)(H,33,34). The Morgan fingerprint density at radius 1 is 0.972 bits per heavy atom. The second-order valence-electron chi connectivity index (χ2n) is 9.41. The molecule has 8 nitrogen and oxygen atoms in total. The van der Waals surface area contributed by atoms with Crippen molar-refractivity contribution in [1.29, 1.82) is 0 Å². The van der Waals surface area contributed by atoms with Crippen molar-refractivity contribution in [2.45, 2.75) is 44.9 Å². The maximum atomic E-state index is 12.3. The van der Waals surface area contributed by atoms with Crippen LogP contribution in [0.25, 0.3) is 0 Å². The van der Waals surface area contributed by atoms with Gasteiger partial charge in [-0.15, -0.1) is 0 Å². The van der Waals surface area contributed by atoms with Crippen molar-refractivity contribution in [3.63, 3.8) is 0 Å². The van der Waals surface area contributed by atoms with E-state index in [2.05, 4.69) is 63.6 Å². The van der Waals surface area contributed by atoms with Crippen molar-refractivity contribution in [2.75, 3.05) is 18.5 Å². The number of aromatic nitrogens is 2. The Hall–Kier alpha value is -3.94. The lowest BCUT2D eigenvalue weighted by molar-refractivity contribution is -0.135. The molecular weight excluding hydrogens is 456 g/mol. The summed E-state index contributed by atoms with van der Waals surface area (Å²) in [5.41, 5.74) is 3.80. The van der Waals surface area contributed by atoms with Crippen molar-refractivity contribution in [3.05, 3.63) is 77.4 Å². The lowest BCUT2D eigenvalue weighted by atomic mass is 9.77. The number of hydrogen-bond donors (Lipinski definition) is 3. The van der Waals surface area contributed by atoms with Crippen LogP contribution in [0.2, 0.25) is 0 Å². The number of anilines is 2. The lowest BCUT2D eigenvalue weighted by Crippen LogP contribution is -2.30. The van der Waals surface area contributed by atoms with Gasteiger partial charge in [0.1, 0.15) is 12.4 Å². The van der Waals surface area contributed by atoms with Crippen LogP contribution in [0.1, 0.15) is 59.2 Å². The Morgan fingerprint density at radius 2 is 1.61 bits per heavy atom. The molecule has 1 fully saturated rings. The highest BCUT2D eigenvalue weighted by Crippen LogP contribution is 2.38. The molecule has 1 saturated carbocycles. The van der Waals surface area contributed by atoms with E-state index in [4.69, 9.17) is 5.11 Å². The van der Waals surface area contributed by atoms with Crippen LogP contribution in [0, 0.1) is 12.8 Å². The molecule has 1 aliphatic rings. The van der Waals surface area contributed by atoms with Crippen molar-refractivity contribution in [3.8, 4) is 5.75 Å². The van der Waals surface area contributed by atoms with Crippen molar-refractivity contribution >= 4 is 23.3 Å². The third kappa shape index (κ3) is 6.00. The second-order valence-corrected chi connectivity index (χ2v) is 9.41. The second kappa shape index (κ2) is 11.2. The molecule has 0 radical (unpaired) electrons. The predicted molar refractivity (Wildman–Crippen MR) is 138 cm³/mol. The summed E-state index contributed by atoms with van der Waals surface area (Å²) in [4.78, 5) is 33.8. The number of nitrogens with zero attached hydrogens (tertiary/aromatic N) is 3. The Morgan fingerprint density at radius 3 is 2.25 bits per heavy atom. The SMILES string of the molecule is Cc1nc(CC2CCC(c3ccc(N(C)c4ccccc4)cc3)CC2)nc(C(=O)NCC(=O)O)c1O. The molecule has 188 valence electrons. The van der Waals surface area contributed by atoms with Crippen LogP contribution in [0.3, 0.4) is 0 Å². The molecule has 0 bridgehead atoms. The highest BCUT2D eigenvalue weighted by Gasteiger charge is 2.25. The van der Waals surface area contributed by atoms with Gasteiger partial charge < -0.3 is 20.4 Å². The minimum atomic E-state index is -1.16. The predicted octanol–water partition coefficient (Wildman–Crippen LogP) is 4.59. The van der Waals surface area contributed by atoms with Crippen LogP contribution >= 0.6 is 0 Å². The molecule has 1 aromatic heterocycles. The number of carboxylic acids is 1. The first-order valence-corrected chi connectivity index (χ1v) is 12.3. The van der Waals surface area contributed by atoms with Gasteiger partial charge in [0.25, 0.3) is 5.91 Å². The Labute approximate surface area is 211 Å². The fourth-order valence-electron chi connectivity index (χ4n) is 4.84. The molecule has 1 aliphatic carbocycles. The molecule has 8 heteroatoms. The van der Waals surface area contributed by atoms with E-state index in [0.717, 1.165) is 37.1 Å². The fraction of sp³-hybridized carbons (Fsp3) is 0.357. The highest BCUT2D eigenvalue weighted by molar-refractivity contribution is 5.96. The Kier molecular flexibility index (Phi) is 7.83. The molecule has 2 aromatic carbocycles. The summed E-state index contributed by atoms with van der Waals surface area (Å²) < 4.78 is 0. The molecule has 0 aliphatic heterocycles. The molecule has 3 N–H and O–H groups in total. The van der Waals surface area contributed by atoms with E-state index in [9.17, 15) is 14.7 Å². The van der Waals surface area contributed by atoms with Gasteiger partial charge in [-0.05, 0) is 74.3 Å². The van der Waals surface area contributed by atoms with E-state index < -0.39 is 18.4 Å². The largest absolute Gasteiger partial charge is 0.504 e. The summed E-state index contributed by atoms with van der Waals surface area (Å²) in [6, 6.07) is 19.1. The number of carboxylic acid groups (broad SMARTS) is 1. The van der Waals surface area contributed by atoms with Crippen LogP contribution in [0.5, 0.6) is 5.75 Å². The summed E-state index contributed by atoms with van der Waals surface area (Å²) in [6.07, 6.45) is 4.82. The number of carbonyl (C=O) groups excluding carboxylic acids is 1. The van der Waals surface area contributed by atoms with Crippen molar-refractivity contribution < 1.29 is 19.8 Å². The summed E-state index contributed by atoms with van der Waals surface area (Å²) in [6.45, 7) is 1.08. The molecule has 36 heavy (non-hydrogen) atoms. The molecule has 1 amide bonds. The van der Waals surface area contributed by atoms with E-state index in [1.165, 1.54) is 5.56 Å². The summed E-state index contributed by atoms with van der Waals surface area (Å²) in [5.74, 6) is -0.787. The summed E-state index contributed by atoms with van der Waals surface area (Å²) in [5, 5.41) is 21.2. The third-order valence-electron chi connectivity index (χ3n) is 6.93. The highest BCUT2D eigenvalue weighted by atomic mass is 16.4. The maximum absolute atomic E-state index is 12.3. The molecule has 4 rings (SSSR count). The summed E-state index contributed by atoms with van der Waals surface area (Å²) in [7, 11) is 2.07. The number of aromatic hydroxyl groups is 1. The van der Waals surface area contributed by atoms with E-state index >= 15 is 0 Å². The van der Waals surface area contributed by atoms with Crippen molar-refractivity contribution in [2.24, 2.45) is 5.92 Å². The molecule has 0 spiro atoms. The smallest absolute Gasteiger partial charge is 0.322 e. The van der Waals surface area contributed by atoms with Gasteiger partial charge in [-0.25, -0.2) is 9.97 Å². The molecule has 3 aromatic rings. The van der Waals surface area contributed by atoms with Crippen molar-refractivity contribution in [1.82, 2.24) is 15.3 Å². The van der Waals surface area contributed by atoms with E-state index in [1.54, 1.807) is 6.92 Å². The van der Waals surface area contributed by atoms with E-state index in [0.29, 0.717) is 29.8 Å². The fourth-order valence-corrected chi connectivity index (χ4v) is 4.84. The first-order valence-electron chi connectivity index (χ1n) is 12.3. The average Bonchev–Trinajstić information content (AvgIpc) is 2.90. The Balaban J connectivity index is 1.35. The van der Waals surface area contributed by atoms with Gasteiger partial charge in [0.2, 0.25) is 0 Å². The first-order chi connectivity index (χ1) is 17.3. The number of benzene rings is 2. The molecule has 0 atom stereocenters. The maximum Gasteiger partial charge on any atom is 0.322 e. The number of carbonyl (C=O) groups is 2. The van der Waals surface area contributed by atoms with Gasteiger partial charge in [0, 0.05) is 24.8 Å². The van der Waals surface area contributed by atoms with Crippen LogP contribution in [0.15, 0.2) is 54.6 Å². The average molecular weight is 489 g/mol. The zero-order chi connectivity index (χ0) is 25.7. The number of hydrogen-bond acceptors (Lipinski definition) is 6. The summed E-state index contributed by atoms with van der Waals surface area (Å²) >= 11 is 0. The van der Waals surface area contributed by atoms with Gasteiger partial charge in [0.15, 0.2) is 11.4 Å². The van der Waals surface area contributed by atoms with Gasteiger partial charge >= 0.3 is 5.97 Å². The van der Waals surface area contributed by atoms with Crippen LogP contribution in [-0.4, -0.2) is 45.6 Å². The number of aryl methyl sites for hydroxylation is 1. The van der Waals surface area contributed by atoms with Gasteiger partial charge in [-0.3, -0.25) is 9.59 Å². The van der Waals surface area contributed by atoms with E-state index in [1.807, 2.05) is 18.2 Å². The number of rotatable bonds is 8. The quantitative estimate of drug-likeness (QED) is 0.425. The van der Waals surface area contributed by atoms with Crippen LogP contribution in [0.4, 0.5) is 11.4 Å². The topological polar surface area (TPSA) is 116 Å². The third-order valence-corrected chi connectivity index (χ3v) is 6.93. The molecular formula is C28H32N4O4. The van der Waals surface area contributed by atoms with Crippen LogP contribution in [-0.2, 0) is 11.2 Å². The Bertz CT molecular complexity index is 1210. The molecule has 1 heterocycles. The van der Waals surface area contributed by atoms with Gasteiger partial charge in [-0.1, -0.05) is 30.3 Å². The minimum Gasteiger partial charge on any atom is -0.504 e. The lowest BCUT2D eigenvalue weighted by Gasteiger charge is -2.29. The number of amides is 1. The van der Waals surface area contributed by atoms with Gasteiger partial charge in [-0.2, -0.15) is 0 Å². The van der Waals surface area contributed by atoms with E-state index in [-0.39, 0.29) is 11.4 Å². The minimum absolute atomic E-state index is 0.173. The number of aliphatic carboxylic acids is 1. The first kappa shape index (κ1) is 25.2. The van der Waals surface area contributed by atoms with Crippen LogP contribution < -0.4 is 10.2 Å². The number of para-hydroxylation sites is 1. The number of nitrogens with one attached hydrogen (secondary N) is 1. The normalized spacial score (nSPS) is 17.4. The zero-order valence-corrected chi connectivity index (χ0v) is 20.6. The molecule has 0 unspecified atom stereocenters.